The molecule has 1 aliphatic rings. The number of hydrogen-bond donors (Lipinski definition) is 0. The third kappa shape index (κ3) is 2.45. The van der Waals surface area contributed by atoms with E-state index in [4.69, 9.17) is 16.3 Å². The maximum atomic E-state index is 5.95. The second-order valence-corrected chi connectivity index (χ2v) is 4.83. The average molecular weight is 259 g/mol. The molecule has 0 aliphatic carbocycles. The molecule has 1 unspecified atom stereocenters. The summed E-state index contributed by atoms with van der Waals surface area (Å²) < 4.78 is 7.82. The van der Waals surface area contributed by atoms with E-state index in [1.165, 1.54) is 0 Å². The highest BCUT2D eigenvalue weighted by Gasteiger charge is 2.36. The lowest BCUT2D eigenvalue weighted by molar-refractivity contribution is -0.101. The van der Waals surface area contributed by atoms with Crippen molar-refractivity contribution in [3.63, 3.8) is 0 Å². The molecule has 1 aromatic rings. The zero-order valence-electron chi connectivity index (χ0n) is 10.4. The van der Waals surface area contributed by atoms with Gasteiger partial charge in [-0.05, 0) is 36.1 Å². The predicted molar refractivity (Wildman–Crippen MR) is 64.9 cm³/mol. The van der Waals surface area contributed by atoms with Gasteiger partial charge in [0.15, 0.2) is 5.82 Å². The smallest absolute Gasteiger partial charge is 0.166 e. The van der Waals surface area contributed by atoms with Crippen LogP contribution in [0.1, 0.15) is 51.4 Å². The van der Waals surface area contributed by atoms with Crippen molar-refractivity contribution in [2.24, 2.45) is 0 Å². The fraction of sp³-hybridized carbons (Fsp3) is 0.909. The number of rotatable bonds is 4. The van der Waals surface area contributed by atoms with Crippen molar-refractivity contribution in [1.29, 1.82) is 0 Å². The van der Waals surface area contributed by atoms with Gasteiger partial charge in [-0.3, -0.25) is 0 Å². The molecular weight excluding hydrogens is 240 g/mol. The van der Waals surface area contributed by atoms with Crippen molar-refractivity contribution in [3.8, 4) is 0 Å². The molecule has 0 spiro atoms. The van der Waals surface area contributed by atoms with E-state index in [-0.39, 0.29) is 5.60 Å². The summed E-state index contributed by atoms with van der Waals surface area (Å²) in [6.45, 7) is 5.12. The lowest BCUT2D eigenvalue weighted by Gasteiger charge is -2.39. The van der Waals surface area contributed by atoms with Gasteiger partial charge in [-0.2, -0.15) is 0 Å². The van der Waals surface area contributed by atoms with Crippen LogP contribution in [0.2, 0.25) is 0 Å². The Balaban J connectivity index is 2.17. The van der Waals surface area contributed by atoms with Crippen LogP contribution < -0.4 is 0 Å². The molecule has 17 heavy (non-hydrogen) atoms. The Kier molecular flexibility index (Phi) is 3.99. The first kappa shape index (κ1) is 12.8. The van der Waals surface area contributed by atoms with E-state index >= 15 is 0 Å². The quantitative estimate of drug-likeness (QED) is 0.778. The van der Waals surface area contributed by atoms with Gasteiger partial charge in [0.2, 0.25) is 0 Å². The van der Waals surface area contributed by atoms with E-state index in [0.29, 0.717) is 11.9 Å². The highest BCUT2D eigenvalue weighted by atomic mass is 35.5. The Labute approximate surface area is 106 Å². The first-order chi connectivity index (χ1) is 8.24. The van der Waals surface area contributed by atoms with Crippen LogP contribution in [0.15, 0.2) is 0 Å². The van der Waals surface area contributed by atoms with Crippen LogP contribution in [0.25, 0.3) is 0 Å². The number of nitrogens with zero attached hydrogens (tertiary/aromatic N) is 4. The van der Waals surface area contributed by atoms with Gasteiger partial charge in [-0.15, -0.1) is 16.7 Å². The minimum Gasteiger partial charge on any atom is -0.375 e. The molecule has 0 saturated carbocycles. The van der Waals surface area contributed by atoms with E-state index in [9.17, 15) is 0 Å². The fourth-order valence-electron chi connectivity index (χ4n) is 2.54. The summed E-state index contributed by atoms with van der Waals surface area (Å²) in [5.74, 6) is 1.11. The molecule has 0 N–H and O–H groups in total. The Morgan fingerprint density at radius 2 is 2.24 bits per heavy atom. The normalized spacial score (nSPS) is 23.8. The lowest BCUT2D eigenvalue weighted by Crippen LogP contribution is -2.40. The highest BCUT2D eigenvalue weighted by molar-refractivity contribution is 6.16. The van der Waals surface area contributed by atoms with Crippen LogP contribution in [-0.2, 0) is 10.6 Å². The van der Waals surface area contributed by atoms with Gasteiger partial charge in [0.05, 0.1) is 17.5 Å². The van der Waals surface area contributed by atoms with Gasteiger partial charge < -0.3 is 4.74 Å². The summed E-state index contributed by atoms with van der Waals surface area (Å²) in [5.41, 5.74) is -0.0154. The van der Waals surface area contributed by atoms with E-state index in [0.717, 1.165) is 38.1 Å². The Hall–Kier alpha value is -0.680. The monoisotopic (exact) mass is 258 g/mol. The molecular formula is C11H19ClN4O. The number of aromatic nitrogens is 4. The summed E-state index contributed by atoms with van der Waals surface area (Å²) in [4.78, 5) is 0. The topological polar surface area (TPSA) is 52.8 Å². The van der Waals surface area contributed by atoms with Crippen LogP contribution in [-0.4, -0.2) is 32.4 Å². The largest absolute Gasteiger partial charge is 0.375 e. The van der Waals surface area contributed by atoms with Crippen LogP contribution >= 0.6 is 11.6 Å². The molecule has 1 saturated heterocycles. The molecule has 0 aromatic carbocycles. The lowest BCUT2D eigenvalue weighted by atomic mass is 9.86. The van der Waals surface area contributed by atoms with Crippen molar-refractivity contribution >= 4 is 11.6 Å². The van der Waals surface area contributed by atoms with Crippen molar-refractivity contribution < 1.29 is 4.74 Å². The number of hydrogen-bond acceptors (Lipinski definition) is 4. The summed E-state index contributed by atoms with van der Waals surface area (Å²) >= 11 is 5.84. The fourth-order valence-corrected chi connectivity index (χ4v) is 2.71. The minimum atomic E-state index is -0.0154. The van der Waals surface area contributed by atoms with E-state index in [2.05, 4.69) is 29.4 Å². The number of alkyl halides is 1. The van der Waals surface area contributed by atoms with Gasteiger partial charge in [0.25, 0.3) is 0 Å². The number of tetrazole rings is 1. The second-order valence-electron chi connectivity index (χ2n) is 4.56. The van der Waals surface area contributed by atoms with Crippen molar-refractivity contribution in [3.05, 3.63) is 5.82 Å². The molecule has 1 aromatic heterocycles. The maximum absolute atomic E-state index is 5.95. The third-order valence-corrected chi connectivity index (χ3v) is 4.02. The average Bonchev–Trinajstić information content (AvgIpc) is 2.87. The predicted octanol–water partition coefficient (Wildman–Crippen LogP) is 2.32. The van der Waals surface area contributed by atoms with Gasteiger partial charge >= 0.3 is 0 Å². The van der Waals surface area contributed by atoms with Crippen molar-refractivity contribution in [1.82, 2.24) is 20.2 Å². The molecule has 5 nitrogen and oxygen atoms in total. The molecule has 0 radical (unpaired) electrons. The first-order valence-electron chi connectivity index (χ1n) is 6.21. The SMILES string of the molecule is CCC1(CC)CC(n2nnnc2CCl)CCO1. The van der Waals surface area contributed by atoms with Gasteiger partial charge in [-0.1, -0.05) is 13.8 Å². The standard InChI is InChI=1S/C11H19ClN4O/c1-3-11(4-2)7-9(5-6-17-11)16-10(8-12)13-14-15-16/h9H,3-8H2,1-2H3. The number of halogens is 1. The zero-order chi connectivity index (χ0) is 12.3. The Bertz CT molecular complexity index is 364. The zero-order valence-corrected chi connectivity index (χ0v) is 11.2. The summed E-state index contributed by atoms with van der Waals surface area (Å²) in [5, 5.41) is 11.7. The van der Waals surface area contributed by atoms with Crippen LogP contribution in [0.5, 0.6) is 0 Å². The molecule has 0 amide bonds. The second kappa shape index (κ2) is 5.31. The van der Waals surface area contributed by atoms with Gasteiger partial charge in [-0.25, -0.2) is 4.68 Å². The molecule has 0 bridgehead atoms. The van der Waals surface area contributed by atoms with Crippen LogP contribution in [0, 0.1) is 0 Å². The number of ether oxygens (including phenoxy) is 1. The Morgan fingerprint density at radius 3 is 2.88 bits per heavy atom. The van der Waals surface area contributed by atoms with E-state index in [1.807, 2.05) is 4.68 Å². The van der Waals surface area contributed by atoms with E-state index < -0.39 is 0 Å². The molecule has 96 valence electrons. The van der Waals surface area contributed by atoms with Crippen LogP contribution in [0.4, 0.5) is 0 Å². The van der Waals surface area contributed by atoms with E-state index in [1.54, 1.807) is 0 Å². The molecule has 2 rings (SSSR count). The van der Waals surface area contributed by atoms with Gasteiger partial charge in [0, 0.05) is 6.61 Å². The summed E-state index contributed by atoms with van der Waals surface area (Å²) in [6.07, 6.45) is 3.97. The molecule has 2 heterocycles. The maximum Gasteiger partial charge on any atom is 0.166 e. The summed E-state index contributed by atoms with van der Waals surface area (Å²) in [7, 11) is 0. The molecule has 6 heteroatoms. The third-order valence-electron chi connectivity index (χ3n) is 3.78. The Morgan fingerprint density at radius 1 is 1.47 bits per heavy atom. The summed E-state index contributed by atoms with van der Waals surface area (Å²) in [6, 6.07) is 0.312. The van der Waals surface area contributed by atoms with Crippen molar-refractivity contribution in [2.75, 3.05) is 6.61 Å². The van der Waals surface area contributed by atoms with Crippen molar-refractivity contribution in [2.45, 2.75) is 57.1 Å². The molecule has 1 fully saturated rings. The first-order valence-corrected chi connectivity index (χ1v) is 6.74. The molecule has 1 aliphatic heterocycles. The highest BCUT2D eigenvalue weighted by Crippen LogP contribution is 2.37. The minimum absolute atomic E-state index is 0.0154. The van der Waals surface area contributed by atoms with Crippen LogP contribution in [0.3, 0.4) is 0 Å². The van der Waals surface area contributed by atoms with Gasteiger partial charge in [0.1, 0.15) is 0 Å². The molecule has 1 atom stereocenters.